The topological polar surface area (TPSA) is 68.9 Å². The van der Waals surface area contributed by atoms with Crippen LogP contribution in [0.5, 0.6) is 5.75 Å². The molecule has 0 fully saturated rings. The fourth-order valence-electron chi connectivity index (χ4n) is 1.59. The maximum atomic E-state index is 5.74. The molecular weight excluding hydrogens is 242 g/mol. The number of methoxy groups -OCH3 is 2. The normalized spacial score (nSPS) is 11.4. The van der Waals surface area contributed by atoms with Gasteiger partial charge in [0.25, 0.3) is 0 Å². The van der Waals surface area contributed by atoms with E-state index in [2.05, 4.69) is 10.3 Å². The van der Waals surface area contributed by atoms with Crippen LogP contribution >= 0.6 is 0 Å². The molecule has 5 heteroatoms. The van der Waals surface area contributed by atoms with Gasteiger partial charge in [-0.3, -0.25) is 4.99 Å². The molecule has 0 aliphatic heterocycles. The van der Waals surface area contributed by atoms with Crippen LogP contribution in [0.1, 0.15) is 12.0 Å². The quantitative estimate of drug-likeness (QED) is 0.421. The van der Waals surface area contributed by atoms with Gasteiger partial charge in [0.2, 0.25) is 0 Å². The molecular formula is C14H23N3O2. The summed E-state index contributed by atoms with van der Waals surface area (Å²) < 4.78 is 10.1. The highest BCUT2D eigenvalue weighted by atomic mass is 16.5. The number of ether oxygens (including phenoxy) is 2. The van der Waals surface area contributed by atoms with E-state index in [9.17, 15) is 0 Å². The van der Waals surface area contributed by atoms with Gasteiger partial charge in [0.1, 0.15) is 5.75 Å². The monoisotopic (exact) mass is 265 g/mol. The molecule has 106 valence electrons. The molecule has 5 nitrogen and oxygen atoms in total. The van der Waals surface area contributed by atoms with E-state index < -0.39 is 0 Å². The molecule has 0 radical (unpaired) electrons. The molecule has 0 atom stereocenters. The molecule has 0 heterocycles. The summed E-state index contributed by atoms with van der Waals surface area (Å²) in [4.78, 5) is 4.20. The number of rotatable bonds is 8. The van der Waals surface area contributed by atoms with Crippen LogP contribution in [0, 0.1) is 0 Å². The van der Waals surface area contributed by atoms with E-state index in [1.165, 1.54) is 5.56 Å². The Morgan fingerprint density at radius 1 is 1.26 bits per heavy atom. The van der Waals surface area contributed by atoms with E-state index in [0.29, 0.717) is 19.1 Å². The second-order valence-electron chi connectivity index (χ2n) is 4.14. The van der Waals surface area contributed by atoms with Crippen LogP contribution in [0.15, 0.2) is 29.3 Å². The van der Waals surface area contributed by atoms with Crippen molar-refractivity contribution in [3.8, 4) is 5.75 Å². The highest BCUT2D eigenvalue weighted by molar-refractivity contribution is 5.77. The van der Waals surface area contributed by atoms with Crippen molar-refractivity contribution in [3.05, 3.63) is 29.8 Å². The molecule has 3 N–H and O–H groups in total. The third-order valence-corrected chi connectivity index (χ3v) is 2.67. The van der Waals surface area contributed by atoms with Crippen molar-refractivity contribution in [1.82, 2.24) is 5.32 Å². The molecule has 0 aliphatic rings. The Labute approximate surface area is 114 Å². The van der Waals surface area contributed by atoms with Gasteiger partial charge in [-0.15, -0.1) is 0 Å². The summed E-state index contributed by atoms with van der Waals surface area (Å²) >= 11 is 0. The predicted octanol–water partition coefficient (Wildman–Crippen LogP) is 1.18. The zero-order valence-electron chi connectivity index (χ0n) is 11.7. The van der Waals surface area contributed by atoms with Gasteiger partial charge >= 0.3 is 0 Å². The Morgan fingerprint density at radius 3 is 2.63 bits per heavy atom. The first kappa shape index (κ1) is 15.3. The third-order valence-electron chi connectivity index (χ3n) is 2.67. The van der Waals surface area contributed by atoms with Gasteiger partial charge < -0.3 is 20.5 Å². The zero-order valence-corrected chi connectivity index (χ0v) is 11.7. The van der Waals surface area contributed by atoms with E-state index >= 15 is 0 Å². The highest BCUT2D eigenvalue weighted by Gasteiger charge is 1.96. The van der Waals surface area contributed by atoms with Crippen LogP contribution < -0.4 is 15.8 Å². The molecule has 0 bridgehead atoms. The average molecular weight is 265 g/mol. The van der Waals surface area contributed by atoms with Crippen LogP contribution in [-0.4, -0.2) is 39.9 Å². The van der Waals surface area contributed by atoms with Crippen molar-refractivity contribution in [1.29, 1.82) is 0 Å². The van der Waals surface area contributed by atoms with Crippen molar-refractivity contribution >= 4 is 5.96 Å². The highest BCUT2D eigenvalue weighted by Crippen LogP contribution is 2.11. The van der Waals surface area contributed by atoms with Gasteiger partial charge in [-0.2, -0.15) is 0 Å². The van der Waals surface area contributed by atoms with Crippen LogP contribution in [0.25, 0.3) is 0 Å². The molecule has 19 heavy (non-hydrogen) atoms. The summed E-state index contributed by atoms with van der Waals surface area (Å²) in [5, 5.41) is 3.09. The third kappa shape index (κ3) is 6.67. The lowest BCUT2D eigenvalue weighted by Crippen LogP contribution is -2.33. The van der Waals surface area contributed by atoms with Crippen molar-refractivity contribution in [3.63, 3.8) is 0 Å². The summed E-state index contributed by atoms with van der Waals surface area (Å²) in [5.41, 5.74) is 6.98. The smallest absolute Gasteiger partial charge is 0.188 e. The number of guanidine groups is 1. The Balaban J connectivity index is 2.21. The van der Waals surface area contributed by atoms with Gasteiger partial charge in [-0.05, 0) is 30.5 Å². The number of nitrogens with zero attached hydrogens (tertiary/aromatic N) is 1. The van der Waals surface area contributed by atoms with Crippen LogP contribution in [0.3, 0.4) is 0 Å². The minimum atomic E-state index is 0.490. The lowest BCUT2D eigenvalue weighted by atomic mass is 10.1. The first-order valence-electron chi connectivity index (χ1n) is 6.42. The molecule has 0 amide bonds. The average Bonchev–Trinajstić information content (AvgIpc) is 2.44. The first-order valence-corrected chi connectivity index (χ1v) is 6.42. The molecule has 0 unspecified atom stereocenters. The maximum Gasteiger partial charge on any atom is 0.188 e. The summed E-state index contributed by atoms with van der Waals surface area (Å²) in [6.45, 7) is 2.17. The minimum Gasteiger partial charge on any atom is -0.497 e. The summed E-state index contributed by atoms with van der Waals surface area (Å²) in [6, 6.07) is 8.01. The van der Waals surface area contributed by atoms with Crippen molar-refractivity contribution in [2.75, 3.05) is 33.9 Å². The Hall–Kier alpha value is -1.75. The molecule has 1 aromatic carbocycles. The Kier molecular flexibility index (Phi) is 7.43. The summed E-state index contributed by atoms with van der Waals surface area (Å²) in [7, 11) is 3.34. The molecule has 0 saturated heterocycles. The van der Waals surface area contributed by atoms with Gasteiger partial charge in [-0.1, -0.05) is 12.1 Å². The van der Waals surface area contributed by atoms with Gasteiger partial charge in [0.05, 0.1) is 7.11 Å². The lowest BCUT2D eigenvalue weighted by Gasteiger charge is -2.06. The van der Waals surface area contributed by atoms with Gasteiger partial charge in [0.15, 0.2) is 5.96 Å². The van der Waals surface area contributed by atoms with E-state index in [4.69, 9.17) is 15.2 Å². The summed E-state index contributed by atoms with van der Waals surface area (Å²) in [6.07, 6.45) is 1.79. The largest absolute Gasteiger partial charge is 0.497 e. The van der Waals surface area contributed by atoms with Crippen molar-refractivity contribution in [2.24, 2.45) is 10.7 Å². The molecule has 0 spiro atoms. The Bertz CT molecular complexity index is 377. The molecule has 1 aromatic rings. The van der Waals surface area contributed by atoms with E-state index in [1.807, 2.05) is 24.3 Å². The molecule has 0 aromatic heterocycles. The Morgan fingerprint density at radius 2 is 2.00 bits per heavy atom. The zero-order chi connectivity index (χ0) is 13.9. The number of aliphatic imine (C=N–C) groups is 1. The number of nitrogens with two attached hydrogens (primary N) is 1. The van der Waals surface area contributed by atoms with Crippen LogP contribution in [-0.2, 0) is 11.2 Å². The van der Waals surface area contributed by atoms with Crippen LogP contribution in [0.4, 0.5) is 0 Å². The number of nitrogens with one attached hydrogen (secondary N) is 1. The van der Waals surface area contributed by atoms with Crippen LogP contribution in [0.2, 0.25) is 0 Å². The minimum absolute atomic E-state index is 0.490. The number of hydrogen-bond acceptors (Lipinski definition) is 3. The fraction of sp³-hybridized carbons (Fsp3) is 0.500. The fourth-order valence-corrected chi connectivity index (χ4v) is 1.59. The second-order valence-corrected chi connectivity index (χ2v) is 4.14. The van der Waals surface area contributed by atoms with E-state index in [-0.39, 0.29) is 0 Å². The summed E-state index contributed by atoms with van der Waals surface area (Å²) in [5.74, 6) is 1.36. The molecule has 0 aliphatic carbocycles. The molecule has 1 rings (SSSR count). The van der Waals surface area contributed by atoms with Crippen molar-refractivity contribution in [2.45, 2.75) is 12.8 Å². The van der Waals surface area contributed by atoms with E-state index in [1.54, 1.807) is 14.2 Å². The first-order chi connectivity index (χ1) is 9.26. The number of benzene rings is 1. The maximum absolute atomic E-state index is 5.74. The van der Waals surface area contributed by atoms with Crippen molar-refractivity contribution < 1.29 is 9.47 Å². The standard InChI is InChI=1S/C14H23N3O2/c1-18-11-3-9-16-14(15)17-10-8-12-4-6-13(19-2)7-5-12/h4-7H,3,8-11H2,1-2H3,(H3,15,16,17). The second kappa shape index (κ2) is 9.22. The van der Waals surface area contributed by atoms with Gasteiger partial charge in [0, 0.05) is 26.8 Å². The predicted molar refractivity (Wildman–Crippen MR) is 77.7 cm³/mol. The van der Waals surface area contributed by atoms with E-state index in [0.717, 1.165) is 25.1 Å². The number of hydrogen-bond donors (Lipinski definition) is 2. The SMILES string of the molecule is COCCCN=C(N)NCCc1ccc(OC)cc1. The van der Waals surface area contributed by atoms with Gasteiger partial charge in [-0.25, -0.2) is 0 Å². The lowest BCUT2D eigenvalue weighted by molar-refractivity contribution is 0.197. The molecule has 0 saturated carbocycles.